The molecule has 1 aromatic carbocycles. The molecule has 0 saturated heterocycles. The van der Waals surface area contributed by atoms with Crippen molar-refractivity contribution in [3.63, 3.8) is 0 Å². The molecule has 0 aliphatic rings. The number of carbonyl (C=O) groups is 1. The summed E-state index contributed by atoms with van der Waals surface area (Å²) in [6.07, 6.45) is 5.45. The van der Waals surface area contributed by atoms with E-state index >= 15 is 0 Å². The summed E-state index contributed by atoms with van der Waals surface area (Å²) >= 11 is 0. The highest BCUT2D eigenvalue weighted by Crippen LogP contribution is 2.12. The van der Waals surface area contributed by atoms with E-state index in [2.05, 4.69) is 47.9 Å². The number of hydrogen-bond acceptors (Lipinski definition) is 4. The number of hydrogen-bond donors (Lipinski definition) is 1. The van der Waals surface area contributed by atoms with E-state index in [-0.39, 0.29) is 17.9 Å². The second-order valence-electron chi connectivity index (χ2n) is 5.64. The molecule has 1 N–H and O–H groups in total. The first-order valence-corrected chi connectivity index (χ1v) is 7.89. The van der Waals surface area contributed by atoms with Crippen LogP contribution < -0.4 is 0 Å². The molecule has 0 radical (unpaired) electrons. The molecule has 0 unspecified atom stereocenters. The zero-order chi connectivity index (χ0) is 16.7. The quantitative estimate of drug-likeness (QED) is 0.565. The van der Waals surface area contributed by atoms with Gasteiger partial charge in [0.05, 0.1) is 6.42 Å². The molecule has 0 amide bonds. The lowest BCUT2D eigenvalue weighted by atomic mass is 10.0. The summed E-state index contributed by atoms with van der Waals surface area (Å²) in [5, 5.41) is 12.7. The van der Waals surface area contributed by atoms with E-state index in [9.17, 15) is 4.79 Å². The van der Waals surface area contributed by atoms with Crippen molar-refractivity contribution in [1.82, 2.24) is 10.1 Å². The molecule has 5 nitrogen and oxygen atoms in total. The van der Waals surface area contributed by atoms with E-state index in [4.69, 9.17) is 9.63 Å². The summed E-state index contributed by atoms with van der Waals surface area (Å²) in [7, 11) is 0. The van der Waals surface area contributed by atoms with Crippen LogP contribution in [0.4, 0.5) is 0 Å². The second kappa shape index (κ2) is 8.27. The fourth-order valence-electron chi connectivity index (χ4n) is 2.28. The van der Waals surface area contributed by atoms with Gasteiger partial charge in [-0.25, -0.2) is 4.79 Å². The number of aliphatic carboxylic acids is 1. The highest BCUT2D eigenvalue weighted by molar-refractivity contribution is 5.86. The van der Waals surface area contributed by atoms with Crippen LogP contribution >= 0.6 is 0 Å². The Bertz CT molecular complexity index is 659. The topological polar surface area (TPSA) is 76.2 Å². The monoisotopic (exact) mass is 314 g/mol. The number of carboxylic acid groups (broad SMARTS) is 1. The van der Waals surface area contributed by atoms with Gasteiger partial charge in [-0.1, -0.05) is 55.8 Å². The maximum Gasteiger partial charge on any atom is 0.331 e. The molecule has 0 aliphatic carbocycles. The molecule has 2 aromatic rings. The fourth-order valence-corrected chi connectivity index (χ4v) is 2.28. The molecule has 1 heterocycles. The summed E-state index contributed by atoms with van der Waals surface area (Å²) in [5.41, 5.74) is 2.49. The Kier molecular flexibility index (Phi) is 6.09. The van der Waals surface area contributed by atoms with Gasteiger partial charge >= 0.3 is 5.97 Å². The molecular weight excluding hydrogens is 292 g/mol. The molecule has 0 spiro atoms. The standard InChI is InChI=1S/C18H22N2O3/c1-3-4-5-6-14-7-9-15(10-8-14)12-16-19-17(23-20-16)11-13(2)18(21)22/h7-10H,2-6,11-12H2,1H3,(H,21,22). The van der Waals surface area contributed by atoms with Crippen LogP contribution in [-0.4, -0.2) is 21.2 Å². The number of unbranched alkanes of at least 4 members (excludes halogenated alkanes) is 2. The van der Waals surface area contributed by atoms with Gasteiger partial charge in [-0.15, -0.1) is 0 Å². The average Bonchev–Trinajstić information content (AvgIpc) is 2.96. The zero-order valence-electron chi connectivity index (χ0n) is 13.4. The Morgan fingerprint density at radius 2 is 1.91 bits per heavy atom. The molecule has 0 fully saturated rings. The first-order valence-electron chi connectivity index (χ1n) is 7.89. The number of aromatic nitrogens is 2. The van der Waals surface area contributed by atoms with Gasteiger partial charge in [0.2, 0.25) is 5.89 Å². The van der Waals surface area contributed by atoms with Crippen molar-refractivity contribution in [3.05, 3.63) is 59.3 Å². The lowest BCUT2D eigenvalue weighted by Gasteiger charge is -2.02. The van der Waals surface area contributed by atoms with E-state index in [1.807, 2.05) is 0 Å². The highest BCUT2D eigenvalue weighted by Gasteiger charge is 2.12. The van der Waals surface area contributed by atoms with Crippen molar-refractivity contribution in [2.24, 2.45) is 0 Å². The smallest absolute Gasteiger partial charge is 0.331 e. The van der Waals surface area contributed by atoms with Gasteiger partial charge in [0.1, 0.15) is 0 Å². The third-order valence-corrected chi connectivity index (χ3v) is 3.63. The molecule has 0 bridgehead atoms. The molecule has 5 heteroatoms. The predicted molar refractivity (Wildman–Crippen MR) is 87.3 cm³/mol. The third-order valence-electron chi connectivity index (χ3n) is 3.63. The Hall–Kier alpha value is -2.43. The van der Waals surface area contributed by atoms with Crippen molar-refractivity contribution >= 4 is 5.97 Å². The van der Waals surface area contributed by atoms with E-state index < -0.39 is 5.97 Å². The van der Waals surface area contributed by atoms with Gasteiger partial charge in [0, 0.05) is 12.0 Å². The number of nitrogens with zero attached hydrogens (tertiary/aromatic N) is 2. The first-order chi connectivity index (χ1) is 11.1. The SMILES string of the molecule is C=C(Cc1nc(Cc2ccc(CCCCC)cc2)no1)C(=O)O. The van der Waals surface area contributed by atoms with Crippen LogP contribution in [0.25, 0.3) is 0 Å². The minimum absolute atomic E-state index is 0.0385. The second-order valence-corrected chi connectivity index (χ2v) is 5.64. The van der Waals surface area contributed by atoms with Crippen molar-refractivity contribution < 1.29 is 14.4 Å². The Labute approximate surface area is 136 Å². The maximum absolute atomic E-state index is 10.7. The third kappa shape index (κ3) is 5.36. The minimum atomic E-state index is -1.05. The summed E-state index contributed by atoms with van der Waals surface area (Å²) in [6.45, 7) is 5.66. The van der Waals surface area contributed by atoms with Crippen LogP contribution in [0.3, 0.4) is 0 Å². The summed E-state index contributed by atoms with van der Waals surface area (Å²) < 4.78 is 5.06. The molecule has 0 saturated carbocycles. The van der Waals surface area contributed by atoms with E-state index in [0.29, 0.717) is 12.2 Å². The normalized spacial score (nSPS) is 10.7. The average molecular weight is 314 g/mol. The largest absolute Gasteiger partial charge is 0.478 e. The summed E-state index contributed by atoms with van der Waals surface area (Å²) in [4.78, 5) is 14.9. The maximum atomic E-state index is 10.7. The van der Waals surface area contributed by atoms with Gasteiger partial charge in [-0.3, -0.25) is 0 Å². The molecule has 122 valence electrons. The van der Waals surface area contributed by atoms with Crippen molar-refractivity contribution in [2.75, 3.05) is 0 Å². The number of benzene rings is 1. The molecule has 23 heavy (non-hydrogen) atoms. The van der Waals surface area contributed by atoms with Crippen LogP contribution in [0.2, 0.25) is 0 Å². The highest BCUT2D eigenvalue weighted by atomic mass is 16.5. The molecule has 2 rings (SSSR count). The van der Waals surface area contributed by atoms with Gasteiger partial charge in [0.15, 0.2) is 5.82 Å². The lowest BCUT2D eigenvalue weighted by Crippen LogP contribution is -2.02. The van der Waals surface area contributed by atoms with Crippen molar-refractivity contribution in [1.29, 1.82) is 0 Å². The van der Waals surface area contributed by atoms with E-state index in [1.54, 1.807) is 0 Å². The van der Waals surface area contributed by atoms with Crippen LogP contribution in [0.1, 0.15) is 49.0 Å². The Morgan fingerprint density at radius 1 is 1.22 bits per heavy atom. The van der Waals surface area contributed by atoms with Crippen molar-refractivity contribution in [2.45, 2.75) is 45.4 Å². The van der Waals surface area contributed by atoms with Crippen LogP contribution in [0.5, 0.6) is 0 Å². The molecule has 0 atom stereocenters. The number of carboxylic acids is 1. The number of aryl methyl sites for hydroxylation is 1. The zero-order valence-corrected chi connectivity index (χ0v) is 13.4. The Balaban J connectivity index is 1.90. The van der Waals surface area contributed by atoms with Crippen LogP contribution in [0.15, 0.2) is 40.9 Å². The summed E-state index contributed by atoms with van der Waals surface area (Å²) in [5.74, 6) is -0.219. The van der Waals surface area contributed by atoms with Gasteiger partial charge < -0.3 is 9.63 Å². The molecule has 0 aliphatic heterocycles. The minimum Gasteiger partial charge on any atom is -0.478 e. The lowest BCUT2D eigenvalue weighted by molar-refractivity contribution is -0.132. The van der Waals surface area contributed by atoms with E-state index in [0.717, 1.165) is 12.0 Å². The number of rotatable bonds is 9. The van der Waals surface area contributed by atoms with Crippen molar-refractivity contribution in [3.8, 4) is 0 Å². The van der Waals surface area contributed by atoms with Gasteiger partial charge in [-0.05, 0) is 24.0 Å². The molecule has 1 aromatic heterocycles. The van der Waals surface area contributed by atoms with Crippen LogP contribution in [0, 0.1) is 0 Å². The molecular formula is C18H22N2O3. The Morgan fingerprint density at radius 3 is 2.57 bits per heavy atom. The first kappa shape index (κ1) is 16.9. The fraction of sp³-hybridized carbons (Fsp3) is 0.389. The van der Waals surface area contributed by atoms with Crippen LogP contribution in [-0.2, 0) is 24.1 Å². The van der Waals surface area contributed by atoms with Gasteiger partial charge in [0.25, 0.3) is 0 Å². The summed E-state index contributed by atoms with van der Waals surface area (Å²) in [6, 6.07) is 8.43. The van der Waals surface area contributed by atoms with Gasteiger partial charge in [-0.2, -0.15) is 4.98 Å². The van der Waals surface area contributed by atoms with E-state index in [1.165, 1.54) is 24.8 Å². The predicted octanol–water partition coefficient (Wildman–Crippen LogP) is 3.58.